The van der Waals surface area contributed by atoms with Gasteiger partial charge in [0.2, 0.25) is 0 Å². The van der Waals surface area contributed by atoms with Crippen molar-refractivity contribution in [2.24, 2.45) is 0 Å². The molecule has 0 radical (unpaired) electrons. The first-order valence-corrected chi connectivity index (χ1v) is 8.76. The van der Waals surface area contributed by atoms with Gasteiger partial charge in [-0.2, -0.15) is 13.2 Å². The zero-order valence-corrected chi connectivity index (χ0v) is 16.2. The Morgan fingerprint density at radius 1 is 1.00 bits per heavy atom. The molecule has 8 heteroatoms. The highest BCUT2D eigenvalue weighted by molar-refractivity contribution is 5.60. The molecule has 29 heavy (non-hydrogen) atoms. The van der Waals surface area contributed by atoms with Crippen LogP contribution in [0.2, 0.25) is 0 Å². The third kappa shape index (κ3) is 5.86. The van der Waals surface area contributed by atoms with E-state index in [2.05, 4.69) is 10.3 Å². The van der Waals surface area contributed by atoms with E-state index in [9.17, 15) is 13.2 Å². The number of nitrogens with zero attached hydrogens (tertiary/aromatic N) is 2. The van der Waals surface area contributed by atoms with Crippen LogP contribution in [0.5, 0.6) is 5.75 Å². The number of oxazole rings is 1. The molecular formula is C21H21F3N3O2+. The summed E-state index contributed by atoms with van der Waals surface area (Å²) in [5, 5.41) is 2.85. The lowest BCUT2D eigenvalue weighted by atomic mass is 10.2. The summed E-state index contributed by atoms with van der Waals surface area (Å²) < 4.78 is 49.7. The maximum atomic E-state index is 12.6. The number of quaternary nitrogens is 1. The molecule has 0 atom stereocenters. The van der Waals surface area contributed by atoms with Crippen molar-refractivity contribution < 1.29 is 26.8 Å². The van der Waals surface area contributed by atoms with E-state index in [0.717, 1.165) is 17.7 Å². The molecule has 0 saturated heterocycles. The summed E-state index contributed by atoms with van der Waals surface area (Å²) in [6.45, 7) is 0. The SMILES string of the molecule is C[N+](C)(C)/C=C/Oc1ccc(-c2cnc(Nc3ccc(C(F)(F)F)cc3)o2)cc1. The van der Waals surface area contributed by atoms with Crippen LogP contribution in [0, 0.1) is 0 Å². The van der Waals surface area contributed by atoms with Crippen LogP contribution in [0.4, 0.5) is 24.9 Å². The maximum absolute atomic E-state index is 12.6. The normalized spacial score (nSPS) is 12.3. The molecule has 2 aromatic carbocycles. The van der Waals surface area contributed by atoms with Crippen LogP contribution in [0.3, 0.4) is 0 Å². The number of hydrogen-bond donors (Lipinski definition) is 1. The lowest BCUT2D eigenvalue weighted by molar-refractivity contribution is -0.817. The Morgan fingerprint density at radius 3 is 2.24 bits per heavy atom. The molecule has 0 amide bonds. The third-order valence-corrected chi connectivity index (χ3v) is 3.82. The zero-order valence-electron chi connectivity index (χ0n) is 16.2. The van der Waals surface area contributed by atoms with E-state index >= 15 is 0 Å². The van der Waals surface area contributed by atoms with E-state index in [-0.39, 0.29) is 6.01 Å². The van der Waals surface area contributed by atoms with Gasteiger partial charge in [0.1, 0.15) is 18.2 Å². The fraction of sp³-hybridized carbons (Fsp3) is 0.190. The number of benzene rings is 2. The molecule has 0 spiro atoms. The molecule has 152 valence electrons. The van der Waals surface area contributed by atoms with Gasteiger partial charge in [-0.25, -0.2) is 4.98 Å². The van der Waals surface area contributed by atoms with Crippen LogP contribution in [0.25, 0.3) is 11.3 Å². The monoisotopic (exact) mass is 404 g/mol. The number of ether oxygens (including phenoxy) is 1. The summed E-state index contributed by atoms with van der Waals surface area (Å²) >= 11 is 0. The lowest BCUT2D eigenvalue weighted by Gasteiger charge is -2.16. The first-order chi connectivity index (χ1) is 13.6. The Balaban J connectivity index is 1.64. The van der Waals surface area contributed by atoms with Crippen molar-refractivity contribution in [2.75, 3.05) is 26.5 Å². The van der Waals surface area contributed by atoms with Crippen LogP contribution in [0.15, 0.2) is 71.6 Å². The summed E-state index contributed by atoms with van der Waals surface area (Å²) in [7, 11) is 6.05. The molecule has 1 heterocycles. The number of aromatic nitrogens is 1. The predicted molar refractivity (Wildman–Crippen MR) is 104 cm³/mol. The summed E-state index contributed by atoms with van der Waals surface area (Å²) in [5.74, 6) is 1.20. The van der Waals surface area contributed by atoms with E-state index in [4.69, 9.17) is 9.15 Å². The summed E-state index contributed by atoms with van der Waals surface area (Å²) in [6.07, 6.45) is 0.713. The van der Waals surface area contributed by atoms with Crippen LogP contribution < -0.4 is 10.1 Å². The minimum Gasteiger partial charge on any atom is -0.459 e. The Hall–Kier alpha value is -3.26. The molecular weight excluding hydrogens is 383 g/mol. The second kappa shape index (κ2) is 8.00. The van der Waals surface area contributed by atoms with Crippen molar-refractivity contribution in [3.05, 3.63) is 72.8 Å². The first kappa shape index (κ1) is 20.5. The molecule has 0 unspecified atom stereocenters. The first-order valence-electron chi connectivity index (χ1n) is 8.76. The van der Waals surface area contributed by atoms with Crippen LogP contribution >= 0.6 is 0 Å². The van der Waals surface area contributed by atoms with Crippen molar-refractivity contribution in [3.8, 4) is 17.1 Å². The van der Waals surface area contributed by atoms with Gasteiger partial charge in [-0.3, -0.25) is 0 Å². The van der Waals surface area contributed by atoms with Gasteiger partial charge in [-0.05, 0) is 48.5 Å². The predicted octanol–water partition coefficient (Wildman–Crippen LogP) is 5.66. The van der Waals surface area contributed by atoms with E-state index < -0.39 is 11.7 Å². The van der Waals surface area contributed by atoms with E-state index in [1.807, 2.05) is 39.5 Å². The molecule has 3 aromatic rings. The zero-order chi connectivity index (χ0) is 21.1. The van der Waals surface area contributed by atoms with Gasteiger partial charge in [-0.15, -0.1) is 0 Å². The Morgan fingerprint density at radius 2 is 1.66 bits per heavy atom. The van der Waals surface area contributed by atoms with Crippen molar-refractivity contribution in [2.45, 2.75) is 6.18 Å². The number of hydrogen-bond acceptors (Lipinski definition) is 4. The second-order valence-corrected chi connectivity index (χ2v) is 7.27. The third-order valence-electron chi connectivity index (χ3n) is 3.82. The molecule has 5 nitrogen and oxygen atoms in total. The molecule has 0 saturated carbocycles. The highest BCUT2D eigenvalue weighted by Crippen LogP contribution is 2.31. The Kier molecular flexibility index (Phi) is 5.65. The molecule has 0 aliphatic carbocycles. The highest BCUT2D eigenvalue weighted by atomic mass is 19.4. The fourth-order valence-corrected chi connectivity index (χ4v) is 2.32. The fourth-order valence-electron chi connectivity index (χ4n) is 2.32. The molecule has 1 N–H and O–H groups in total. The van der Waals surface area contributed by atoms with Crippen molar-refractivity contribution in [1.29, 1.82) is 0 Å². The second-order valence-electron chi connectivity index (χ2n) is 7.27. The number of halogens is 3. The molecule has 0 bridgehead atoms. The van der Waals surface area contributed by atoms with Crippen LogP contribution in [-0.2, 0) is 6.18 Å². The molecule has 3 rings (SSSR count). The molecule has 0 fully saturated rings. The number of nitrogens with one attached hydrogen (secondary N) is 1. The Labute approximate surface area is 166 Å². The average Bonchev–Trinajstić information content (AvgIpc) is 3.09. The minimum atomic E-state index is -4.37. The number of alkyl halides is 3. The maximum Gasteiger partial charge on any atom is 0.416 e. The largest absolute Gasteiger partial charge is 0.459 e. The van der Waals surface area contributed by atoms with Crippen molar-refractivity contribution in [3.63, 3.8) is 0 Å². The van der Waals surface area contributed by atoms with Crippen LogP contribution in [0.1, 0.15) is 5.56 Å². The van der Waals surface area contributed by atoms with Gasteiger partial charge in [0.25, 0.3) is 6.01 Å². The minimum absolute atomic E-state index is 0.186. The van der Waals surface area contributed by atoms with E-state index in [1.54, 1.807) is 24.6 Å². The topological polar surface area (TPSA) is 47.3 Å². The smallest absolute Gasteiger partial charge is 0.416 e. The standard InChI is InChI=1S/C21H21F3N3O2/c1-27(2,3)12-13-28-18-10-4-15(5-11-18)19-14-25-20(29-19)26-17-8-6-16(7-9-17)21(22,23)24/h4-14H,1-3H3,(H,25,26)/q+1/b13-12+. The van der Waals surface area contributed by atoms with E-state index in [1.165, 1.54) is 12.1 Å². The quantitative estimate of drug-likeness (QED) is 0.425. The molecule has 0 aliphatic heterocycles. The summed E-state index contributed by atoms with van der Waals surface area (Å²) in [5.41, 5.74) is 0.523. The van der Waals surface area contributed by atoms with Gasteiger partial charge < -0.3 is 19.0 Å². The molecule has 1 aromatic heterocycles. The van der Waals surface area contributed by atoms with Gasteiger partial charge in [0, 0.05) is 11.3 Å². The van der Waals surface area contributed by atoms with Gasteiger partial charge in [-0.1, -0.05) is 0 Å². The lowest BCUT2D eigenvalue weighted by Crippen LogP contribution is -2.26. The van der Waals surface area contributed by atoms with Gasteiger partial charge in [0.15, 0.2) is 5.76 Å². The summed E-state index contributed by atoms with van der Waals surface area (Å²) in [4.78, 5) is 4.11. The van der Waals surface area contributed by atoms with Crippen LogP contribution in [-0.4, -0.2) is 30.6 Å². The van der Waals surface area contributed by atoms with E-state index in [0.29, 0.717) is 21.7 Å². The number of anilines is 2. The molecule has 0 aliphatic rings. The van der Waals surface area contributed by atoms with Gasteiger partial charge >= 0.3 is 6.18 Å². The Bertz CT molecular complexity index is 970. The summed E-state index contributed by atoms with van der Waals surface area (Å²) in [6, 6.07) is 12.1. The van der Waals surface area contributed by atoms with Crippen molar-refractivity contribution >= 4 is 11.7 Å². The van der Waals surface area contributed by atoms with Gasteiger partial charge in [0.05, 0.1) is 32.9 Å². The highest BCUT2D eigenvalue weighted by Gasteiger charge is 2.29. The van der Waals surface area contributed by atoms with Crippen molar-refractivity contribution in [1.82, 2.24) is 4.98 Å². The number of rotatable bonds is 6. The average molecular weight is 404 g/mol.